The normalized spacial score (nSPS) is 18.1. The number of aliphatic imine (C=N–C) groups is 2. The van der Waals surface area contributed by atoms with E-state index in [1.54, 1.807) is 0 Å². The lowest BCUT2D eigenvalue weighted by atomic mass is 9.99. The Morgan fingerprint density at radius 1 is 0.750 bits per heavy atom. The number of fused-ring (bicyclic) bond motifs is 2. The first-order valence-electron chi connectivity index (χ1n) is 11.5. The van der Waals surface area contributed by atoms with Gasteiger partial charge in [-0.25, -0.2) is 0 Å². The molecule has 5 heteroatoms. The first kappa shape index (κ1) is 19.4. The monoisotopic (exact) mass is 421 g/mol. The lowest BCUT2D eigenvalue weighted by molar-refractivity contribution is 0.360. The van der Waals surface area contributed by atoms with Crippen molar-refractivity contribution in [2.24, 2.45) is 9.98 Å². The number of nitrogens with zero attached hydrogens (tertiary/aromatic N) is 5. The second kappa shape index (κ2) is 7.99. The van der Waals surface area contributed by atoms with E-state index in [1.807, 2.05) is 24.4 Å². The zero-order valence-corrected chi connectivity index (χ0v) is 18.5. The van der Waals surface area contributed by atoms with Crippen LogP contribution in [0.2, 0.25) is 0 Å². The number of hydrogen-bond donors (Lipinski definition) is 0. The van der Waals surface area contributed by atoms with Gasteiger partial charge in [-0.15, -0.1) is 0 Å². The molecule has 0 saturated carbocycles. The summed E-state index contributed by atoms with van der Waals surface area (Å²) in [5.74, 6) is 0. The number of likely N-dealkylation sites (N-methyl/N-ethyl adjacent to an activating group) is 1. The summed E-state index contributed by atoms with van der Waals surface area (Å²) in [6.07, 6.45) is 4.76. The lowest BCUT2D eigenvalue weighted by Gasteiger charge is -2.23. The number of pyridine rings is 1. The van der Waals surface area contributed by atoms with Gasteiger partial charge in [0.25, 0.3) is 0 Å². The molecule has 0 spiro atoms. The summed E-state index contributed by atoms with van der Waals surface area (Å²) in [5.41, 5.74) is 10.5. The van der Waals surface area contributed by atoms with Crippen molar-refractivity contribution in [2.75, 3.05) is 38.1 Å². The molecule has 3 aliphatic rings. The van der Waals surface area contributed by atoms with Crippen LogP contribution in [0.25, 0.3) is 0 Å². The van der Waals surface area contributed by atoms with Crippen molar-refractivity contribution in [2.45, 2.75) is 19.3 Å². The summed E-state index contributed by atoms with van der Waals surface area (Å²) in [6.45, 7) is 4.52. The predicted octanol–water partition coefficient (Wildman–Crippen LogP) is 4.58. The third-order valence-electron chi connectivity index (χ3n) is 6.75. The number of benzene rings is 2. The van der Waals surface area contributed by atoms with E-state index >= 15 is 0 Å². The fraction of sp³-hybridized carbons (Fsp3) is 0.296. The molecule has 1 aromatic heterocycles. The van der Waals surface area contributed by atoms with E-state index in [1.165, 1.54) is 35.3 Å². The summed E-state index contributed by atoms with van der Waals surface area (Å²) in [4.78, 5) is 19.2. The van der Waals surface area contributed by atoms with Crippen LogP contribution in [0, 0.1) is 0 Å². The highest BCUT2D eigenvalue weighted by Crippen LogP contribution is 2.35. The molecule has 0 unspecified atom stereocenters. The van der Waals surface area contributed by atoms with Crippen LogP contribution in [-0.4, -0.2) is 54.5 Å². The second-order valence-electron chi connectivity index (χ2n) is 8.99. The molecule has 160 valence electrons. The minimum Gasteiger partial charge on any atom is -0.370 e. The van der Waals surface area contributed by atoms with Gasteiger partial charge in [0.05, 0.1) is 28.5 Å². The van der Waals surface area contributed by atoms with Gasteiger partial charge in [-0.2, -0.15) is 0 Å². The van der Waals surface area contributed by atoms with E-state index in [2.05, 4.69) is 58.2 Å². The van der Waals surface area contributed by atoms with E-state index < -0.39 is 0 Å². The maximum Gasteiger partial charge on any atom is 0.0848 e. The Hall–Kier alpha value is -3.31. The maximum atomic E-state index is 4.98. The van der Waals surface area contributed by atoms with Crippen molar-refractivity contribution in [1.29, 1.82) is 0 Å². The van der Waals surface area contributed by atoms with Crippen molar-refractivity contribution in [1.82, 2.24) is 9.88 Å². The third-order valence-corrected chi connectivity index (χ3v) is 6.75. The molecule has 0 aliphatic carbocycles. The van der Waals surface area contributed by atoms with E-state index in [4.69, 9.17) is 9.98 Å². The van der Waals surface area contributed by atoms with Gasteiger partial charge < -0.3 is 9.80 Å². The predicted molar refractivity (Wildman–Crippen MR) is 131 cm³/mol. The SMILES string of the molecule is CN1CCCN(c2ccc3c(c2)CC(c2ccc4c(c2)CC(c2ccccn2)=N4)=N3)CC1. The Kier molecular flexibility index (Phi) is 4.84. The minimum absolute atomic E-state index is 0.827. The van der Waals surface area contributed by atoms with Crippen molar-refractivity contribution >= 4 is 28.5 Å². The fourth-order valence-electron chi connectivity index (χ4n) is 4.92. The molecule has 1 saturated heterocycles. The molecule has 32 heavy (non-hydrogen) atoms. The third kappa shape index (κ3) is 3.63. The molecule has 4 heterocycles. The van der Waals surface area contributed by atoms with Crippen LogP contribution >= 0.6 is 0 Å². The standard InChI is InChI=1S/C27H27N5/c1-31-11-4-12-32(14-13-31)22-7-9-24-21(16-22)17-26(29-24)19-6-8-23-20(15-19)18-27(30-23)25-5-2-3-10-28-25/h2-3,5-10,15-16H,4,11-14,17-18H2,1H3. The number of rotatable bonds is 3. The van der Waals surface area contributed by atoms with Crippen LogP contribution in [0.4, 0.5) is 17.1 Å². The van der Waals surface area contributed by atoms with Crippen LogP contribution in [-0.2, 0) is 12.8 Å². The second-order valence-corrected chi connectivity index (χ2v) is 8.99. The molecule has 5 nitrogen and oxygen atoms in total. The lowest BCUT2D eigenvalue weighted by Crippen LogP contribution is -2.28. The van der Waals surface area contributed by atoms with Crippen molar-refractivity contribution in [3.63, 3.8) is 0 Å². The molecule has 3 aliphatic heterocycles. The molecule has 0 atom stereocenters. The molecule has 6 rings (SSSR count). The van der Waals surface area contributed by atoms with Gasteiger partial charge in [-0.05, 0) is 79.2 Å². The Morgan fingerprint density at radius 3 is 2.44 bits per heavy atom. The topological polar surface area (TPSA) is 44.1 Å². The summed E-state index contributed by atoms with van der Waals surface area (Å²) in [7, 11) is 2.22. The van der Waals surface area contributed by atoms with Gasteiger partial charge in [0.1, 0.15) is 0 Å². The van der Waals surface area contributed by atoms with E-state index in [0.717, 1.165) is 61.0 Å². The highest BCUT2D eigenvalue weighted by molar-refractivity contribution is 6.09. The van der Waals surface area contributed by atoms with Gasteiger partial charge in [-0.3, -0.25) is 15.0 Å². The van der Waals surface area contributed by atoms with Crippen molar-refractivity contribution in [3.05, 3.63) is 83.2 Å². The maximum absolute atomic E-state index is 4.98. The average Bonchev–Trinajstić information content (AvgIpc) is 3.38. The highest BCUT2D eigenvalue weighted by atomic mass is 15.2. The fourth-order valence-corrected chi connectivity index (χ4v) is 4.92. The van der Waals surface area contributed by atoms with E-state index in [0.29, 0.717) is 0 Å². The van der Waals surface area contributed by atoms with Gasteiger partial charge in [0, 0.05) is 44.4 Å². The van der Waals surface area contributed by atoms with Gasteiger partial charge >= 0.3 is 0 Å². The smallest absolute Gasteiger partial charge is 0.0848 e. The molecule has 0 amide bonds. The minimum atomic E-state index is 0.827. The van der Waals surface area contributed by atoms with Crippen LogP contribution in [0.5, 0.6) is 0 Å². The van der Waals surface area contributed by atoms with Crippen LogP contribution in [0.3, 0.4) is 0 Å². The molecular formula is C27H27N5. The molecule has 3 aromatic rings. The number of hydrogen-bond acceptors (Lipinski definition) is 5. The number of aromatic nitrogens is 1. The first-order valence-corrected chi connectivity index (χ1v) is 11.5. The molecule has 0 N–H and O–H groups in total. The van der Waals surface area contributed by atoms with Crippen LogP contribution in [0.1, 0.15) is 28.8 Å². The summed E-state index contributed by atoms with van der Waals surface area (Å²) >= 11 is 0. The Bertz CT molecular complexity index is 1230. The Morgan fingerprint density at radius 2 is 1.56 bits per heavy atom. The van der Waals surface area contributed by atoms with Gasteiger partial charge in [0.2, 0.25) is 0 Å². The van der Waals surface area contributed by atoms with E-state index in [-0.39, 0.29) is 0 Å². The molecule has 0 bridgehead atoms. The largest absolute Gasteiger partial charge is 0.370 e. The zero-order chi connectivity index (χ0) is 21.5. The zero-order valence-electron chi connectivity index (χ0n) is 18.5. The molecular weight excluding hydrogens is 394 g/mol. The Balaban J connectivity index is 1.20. The molecule has 1 fully saturated rings. The van der Waals surface area contributed by atoms with Crippen LogP contribution < -0.4 is 4.90 Å². The van der Waals surface area contributed by atoms with Gasteiger partial charge in [-0.1, -0.05) is 12.1 Å². The quantitative estimate of drug-likeness (QED) is 0.622. The first-order chi connectivity index (χ1) is 15.7. The van der Waals surface area contributed by atoms with E-state index in [9.17, 15) is 0 Å². The van der Waals surface area contributed by atoms with Gasteiger partial charge in [0.15, 0.2) is 0 Å². The molecule has 0 radical (unpaired) electrons. The van der Waals surface area contributed by atoms with Crippen molar-refractivity contribution in [3.8, 4) is 0 Å². The molecule has 2 aromatic carbocycles. The van der Waals surface area contributed by atoms with Crippen LogP contribution in [0.15, 0.2) is 70.8 Å². The highest BCUT2D eigenvalue weighted by Gasteiger charge is 2.22. The summed E-state index contributed by atoms with van der Waals surface area (Å²) in [6, 6.07) is 19.3. The Labute approximate surface area is 189 Å². The average molecular weight is 422 g/mol. The summed E-state index contributed by atoms with van der Waals surface area (Å²) in [5, 5.41) is 0. The number of anilines is 1. The summed E-state index contributed by atoms with van der Waals surface area (Å²) < 4.78 is 0. The van der Waals surface area contributed by atoms with Crippen molar-refractivity contribution < 1.29 is 0 Å².